The molecule has 1 amide bonds. The molecule has 8 nitrogen and oxygen atoms in total. The van der Waals surface area contributed by atoms with Crippen molar-refractivity contribution in [2.24, 2.45) is 0 Å². The van der Waals surface area contributed by atoms with Gasteiger partial charge in [0.2, 0.25) is 5.82 Å². The lowest BCUT2D eigenvalue weighted by Crippen LogP contribution is -2.45. The highest BCUT2D eigenvalue weighted by atomic mass is 35.5. The van der Waals surface area contributed by atoms with E-state index in [-0.39, 0.29) is 23.0 Å². The molecule has 31 heavy (non-hydrogen) atoms. The van der Waals surface area contributed by atoms with E-state index < -0.39 is 17.6 Å². The van der Waals surface area contributed by atoms with Crippen molar-refractivity contribution in [1.82, 2.24) is 31.1 Å². The van der Waals surface area contributed by atoms with Crippen molar-refractivity contribution in [3.63, 3.8) is 0 Å². The quantitative estimate of drug-likeness (QED) is 0.379. The lowest BCUT2D eigenvalue weighted by Gasteiger charge is -2.11. The molecule has 3 aromatic rings. The molecule has 0 fully saturated rings. The summed E-state index contributed by atoms with van der Waals surface area (Å²) in [5.74, 6) is -0.630. The van der Waals surface area contributed by atoms with Crippen LogP contribution in [0.2, 0.25) is 10.0 Å². The molecule has 0 unspecified atom stereocenters. The van der Waals surface area contributed by atoms with Gasteiger partial charge < -0.3 is 5.32 Å². The fourth-order valence-electron chi connectivity index (χ4n) is 2.29. The second-order valence-corrected chi connectivity index (χ2v) is 7.20. The lowest BCUT2D eigenvalue weighted by atomic mass is 10.1. The number of rotatable bonds is 4. The first-order chi connectivity index (χ1) is 14.6. The third kappa shape index (κ3) is 6.26. The maximum Gasteiger partial charge on any atom is 0.416 e. The number of nitrogens with zero attached hydrogens (tertiary/aromatic N) is 4. The molecule has 1 heterocycles. The maximum absolute atomic E-state index is 12.8. The normalized spacial score (nSPS) is 11.1. The summed E-state index contributed by atoms with van der Waals surface area (Å²) in [6, 6.07) is 9.24. The predicted octanol–water partition coefficient (Wildman–Crippen LogP) is 3.68. The molecule has 0 bridgehead atoms. The second-order valence-electron chi connectivity index (χ2n) is 5.98. The zero-order valence-electron chi connectivity index (χ0n) is 15.2. The van der Waals surface area contributed by atoms with Crippen LogP contribution in [0.5, 0.6) is 0 Å². The van der Waals surface area contributed by atoms with Gasteiger partial charge in [0.15, 0.2) is 5.11 Å². The number of hydrazine groups is 1. The van der Waals surface area contributed by atoms with Crippen LogP contribution in [-0.2, 0) is 17.5 Å². The number of thiocarbonyl (C=S) groups is 1. The fraction of sp³-hybridized carbons (Fsp3) is 0.118. The summed E-state index contributed by atoms with van der Waals surface area (Å²) >= 11 is 16.8. The third-order valence-corrected chi connectivity index (χ3v) is 4.62. The minimum Gasteiger partial charge on any atom is -0.331 e. The summed E-state index contributed by atoms with van der Waals surface area (Å²) < 4.78 is 38.5. The number of nitrogens with one attached hydrogen (secondary N) is 3. The van der Waals surface area contributed by atoms with Crippen LogP contribution >= 0.6 is 35.4 Å². The van der Waals surface area contributed by atoms with Crippen LogP contribution in [0, 0.1) is 0 Å². The summed E-state index contributed by atoms with van der Waals surface area (Å²) in [7, 11) is 0. The van der Waals surface area contributed by atoms with Crippen molar-refractivity contribution >= 4 is 52.1 Å². The van der Waals surface area contributed by atoms with Gasteiger partial charge in [-0.3, -0.25) is 15.6 Å². The molecule has 0 saturated heterocycles. The van der Waals surface area contributed by atoms with E-state index in [0.717, 1.165) is 16.9 Å². The Morgan fingerprint density at radius 2 is 1.87 bits per heavy atom. The number of carbonyl (C=O) groups excluding carboxylic acids is 1. The van der Waals surface area contributed by atoms with Crippen molar-refractivity contribution in [1.29, 1.82) is 0 Å². The predicted molar refractivity (Wildman–Crippen MR) is 112 cm³/mol. The second kappa shape index (κ2) is 9.45. The van der Waals surface area contributed by atoms with Crippen molar-refractivity contribution in [2.75, 3.05) is 5.32 Å². The van der Waals surface area contributed by atoms with Crippen molar-refractivity contribution in [3.05, 3.63) is 58.1 Å². The van der Waals surface area contributed by atoms with Crippen LogP contribution in [0.15, 0.2) is 42.5 Å². The van der Waals surface area contributed by atoms with E-state index in [9.17, 15) is 18.0 Å². The summed E-state index contributed by atoms with van der Waals surface area (Å²) in [4.78, 5) is 13.0. The van der Waals surface area contributed by atoms with Gasteiger partial charge in [-0.1, -0.05) is 35.3 Å². The first-order valence-electron chi connectivity index (χ1n) is 8.38. The smallest absolute Gasteiger partial charge is 0.331 e. The lowest BCUT2D eigenvalue weighted by molar-refractivity contribution is -0.137. The van der Waals surface area contributed by atoms with Gasteiger partial charge in [0.05, 0.1) is 15.6 Å². The maximum atomic E-state index is 12.8. The number of carbonyl (C=O) groups is 1. The zero-order chi connectivity index (χ0) is 22.6. The van der Waals surface area contributed by atoms with Crippen LogP contribution in [0.3, 0.4) is 0 Å². The Bertz CT molecular complexity index is 1120. The van der Waals surface area contributed by atoms with Gasteiger partial charge in [0, 0.05) is 11.3 Å². The van der Waals surface area contributed by atoms with Gasteiger partial charge in [-0.05, 0) is 47.8 Å². The topological polar surface area (TPSA) is 96.8 Å². The highest BCUT2D eigenvalue weighted by Crippen LogP contribution is 2.31. The first-order valence-corrected chi connectivity index (χ1v) is 9.54. The van der Waals surface area contributed by atoms with Crippen molar-refractivity contribution < 1.29 is 18.0 Å². The average Bonchev–Trinajstić information content (AvgIpc) is 3.17. The van der Waals surface area contributed by atoms with E-state index in [1.807, 2.05) is 0 Å². The Hall–Kier alpha value is -2.96. The molecule has 0 saturated carbocycles. The number of benzene rings is 2. The molecule has 162 valence electrons. The van der Waals surface area contributed by atoms with Gasteiger partial charge in [0.25, 0.3) is 5.91 Å². The number of amides is 1. The molecule has 0 radical (unpaired) electrons. The largest absolute Gasteiger partial charge is 0.416 e. The highest BCUT2D eigenvalue weighted by molar-refractivity contribution is 7.80. The molecule has 14 heteroatoms. The molecule has 0 spiro atoms. The number of tetrazole rings is 1. The monoisotopic (exact) mass is 489 g/mol. The van der Waals surface area contributed by atoms with Crippen LogP contribution in [0.1, 0.15) is 5.56 Å². The molecule has 2 aromatic carbocycles. The zero-order valence-corrected chi connectivity index (χ0v) is 17.6. The van der Waals surface area contributed by atoms with Crippen molar-refractivity contribution in [3.8, 4) is 11.4 Å². The Morgan fingerprint density at radius 3 is 2.58 bits per heavy atom. The van der Waals surface area contributed by atoms with Crippen LogP contribution in [0.4, 0.5) is 18.9 Å². The highest BCUT2D eigenvalue weighted by Gasteiger charge is 2.30. The minimum absolute atomic E-state index is 0.0522. The Morgan fingerprint density at radius 1 is 1.10 bits per heavy atom. The van der Waals surface area contributed by atoms with Gasteiger partial charge in [-0.25, -0.2) is 0 Å². The number of halogens is 5. The summed E-state index contributed by atoms with van der Waals surface area (Å²) in [5.41, 5.74) is 4.63. The summed E-state index contributed by atoms with van der Waals surface area (Å²) in [5, 5.41) is 14.8. The van der Waals surface area contributed by atoms with E-state index in [0.29, 0.717) is 15.7 Å². The van der Waals surface area contributed by atoms with Gasteiger partial charge in [-0.2, -0.15) is 18.0 Å². The van der Waals surface area contributed by atoms with E-state index in [2.05, 4.69) is 31.6 Å². The molecule has 1 aromatic heterocycles. The molecular weight excluding hydrogens is 478 g/mol. The summed E-state index contributed by atoms with van der Waals surface area (Å²) in [6.07, 6.45) is -4.50. The van der Waals surface area contributed by atoms with Crippen LogP contribution in [-0.4, -0.2) is 31.2 Å². The molecule has 3 N–H and O–H groups in total. The van der Waals surface area contributed by atoms with E-state index >= 15 is 0 Å². The van der Waals surface area contributed by atoms with Gasteiger partial charge >= 0.3 is 6.18 Å². The molecular formula is C17H12Cl2F3N7OS. The molecule has 0 aliphatic heterocycles. The number of hydrogen-bond acceptors (Lipinski definition) is 5. The van der Waals surface area contributed by atoms with Gasteiger partial charge in [0.1, 0.15) is 6.54 Å². The number of hydrogen-bond donors (Lipinski definition) is 3. The standard InChI is InChI=1S/C17H12Cl2F3N7OS/c18-12-5-4-11(7-13(12)19)23-16(31)26-24-14(30)8-29-27-15(25-28-29)9-2-1-3-10(6-9)17(20,21)22/h1-7H,8H2,(H,24,30)(H2,23,26,31). The Kier molecular flexibility index (Phi) is 6.93. The summed E-state index contributed by atoms with van der Waals surface area (Å²) in [6.45, 7) is -0.353. The van der Waals surface area contributed by atoms with E-state index in [1.165, 1.54) is 12.1 Å². The third-order valence-electron chi connectivity index (χ3n) is 3.68. The number of anilines is 1. The molecule has 0 aliphatic rings. The van der Waals surface area contributed by atoms with E-state index in [4.69, 9.17) is 35.4 Å². The fourth-order valence-corrected chi connectivity index (χ4v) is 2.76. The number of alkyl halides is 3. The molecule has 3 rings (SSSR count). The first kappa shape index (κ1) is 22.7. The molecule has 0 atom stereocenters. The minimum atomic E-state index is -4.50. The average molecular weight is 490 g/mol. The Balaban J connectivity index is 1.54. The SMILES string of the molecule is O=C(Cn1nnc(-c2cccc(C(F)(F)F)c2)n1)NNC(=S)Nc1ccc(Cl)c(Cl)c1. The molecule has 0 aliphatic carbocycles. The van der Waals surface area contributed by atoms with Crippen molar-refractivity contribution in [2.45, 2.75) is 12.7 Å². The van der Waals surface area contributed by atoms with Crippen LogP contribution in [0.25, 0.3) is 11.4 Å². The van der Waals surface area contributed by atoms with Gasteiger partial charge in [-0.15, -0.1) is 10.2 Å². The number of aromatic nitrogens is 4. The van der Waals surface area contributed by atoms with Crippen LogP contribution < -0.4 is 16.2 Å². The Labute approximate surface area is 188 Å². The van der Waals surface area contributed by atoms with E-state index in [1.54, 1.807) is 18.2 Å².